The highest BCUT2D eigenvalue weighted by Gasteiger charge is 2.26. The molecule has 0 fully saturated rings. The molecule has 2 N–H and O–H groups in total. The van der Waals surface area contributed by atoms with Gasteiger partial charge in [0.05, 0.1) is 7.11 Å². The molecule has 2 rings (SSSR count). The van der Waals surface area contributed by atoms with E-state index in [0.717, 1.165) is 17.7 Å². The second-order valence-corrected chi connectivity index (χ2v) is 7.65. The molecule has 0 radical (unpaired) electrons. The summed E-state index contributed by atoms with van der Waals surface area (Å²) in [6, 6.07) is 6.84. The minimum atomic E-state index is -0.629. The van der Waals surface area contributed by atoms with Crippen LogP contribution in [-0.2, 0) is 9.59 Å². The van der Waals surface area contributed by atoms with Gasteiger partial charge in [-0.25, -0.2) is 0 Å². The number of nitrogens with zero attached hydrogens (tertiary/aromatic N) is 2. The number of ether oxygens (including phenoxy) is 1. The Morgan fingerprint density at radius 3 is 2.56 bits per heavy atom. The van der Waals surface area contributed by atoms with Gasteiger partial charge in [0, 0.05) is 11.5 Å². The third kappa shape index (κ3) is 5.50. The van der Waals surface area contributed by atoms with Crippen molar-refractivity contribution >= 4 is 28.3 Å². The van der Waals surface area contributed by atoms with Gasteiger partial charge in [-0.3, -0.25) is 14.9 Å². The number of carbonyl (C=O) groups excluding carboxylic acids is 2. The van der Waals surface area contributed by atoms with Crippen LogP contribution in [0.3, 0.4) is 0 Å². The maximum atomic E-state index is 12.6. The summed E-state index contributed by atoms with van der Waals surface area (Å²) in [4.78, 5) is 24.8. The number of amides is 2. The highest BCUT2D eigenvalue weighted by Crippen LogP contribution is 2.28. The van der Waals surface area contributed by atoms with Crippen LogP contribution in [0.15, 0.2) is 24.3 Å². The van der Waals surface area contributed by atoms with Crippen molar-refractivity contribution in [2.24, 2.45) is 11.8 Å². The van der Waals surface area contributed by atoms with E-state index in [1.165, 1.54) is 11.3 Å². The zero-order valence-corrected chi connectivity index (χ0v) is 17.1. The molecule has 1 aromatic carbocycles. The van der Waals surface area contributed by atoms with E-state index >= 15 is 0 Å². The van der Waals surface area contributed by atoms with E-state index in [1.807, 2.05) is 52.0 Å². The average Bonchev–Trinajstić information content (AvgIpc) is 3.13. The summed E-state index contributed by atoms with van der Waals surface area (Å²) < 4.78 is 5.22. The molecule has 0 bridgehead atoms. The molecule has 0 spiro atoms. The zero-order valence-electron chi connectivity index (χ0n) is 16.3. The summed E-state index contributed by atoms with van der Waals surface area (Å²) >= 11 is 1.27. The van der Waals surface area contributed by atoms with Crippen molar-refractivity contribution in [3.05, 3.63) is 24.3 Å². The van der Waals surface area contributed by atoms with Gasteiger partial charge in [-0.2, -0.15) is 0 Å². The quantitative estimate of drug-likeness (QED) is 0.721. The molecule has 146 valence electrons. The van der Waals surface area contributed by atoms with Crippen LogP contribution in [0, 0.1) is 11.8 Å². The molecule has 27 heavy (non-hydrogen) atoms. The smallest absolute Gasteiger partial charge is 0.249 e. The summed E-state index contributed by atoms with van der Waals surface area (Å²) in [5, 5.41) is 14.8. The number of carbonyl (C=O) groups is 2. The fourth-order valence-corrected chi connectivity index (χ4v) is 3.09. The first-order valence-electron chi connectivity index (χ1n) is 8.94. The van der Waals surface area contributed by atoms with Crippen molar-refractivity contribution in [2.75, 3.05) is 12.4 Å². The van der Waals surface area contributed by atoms with Gasteiger partial charge < -0.3 is 10.1 Å². The zero-order chi connectivity index (χ0) is 20.0. The fourth-order valence-electron chi connectivity index (χ4n) is 2.35. The van der Waals surface area contributed by atoms with Crippen LogP contribution in [0.1, 0.15) is 34.1 Å². The Morgan fingerprint density at radius 2 is 1.93 bits per heavy atom. The number of anilines is 1. The SMILES string of the molecule is CC[C@@H](C)C(=O)N[C@@H](C(=O)Nc1nnc(-c2cccc(OC)c2)s1)C(C)C. The first kappa shape index (κ1) is 20.8. The van der Waals surface area contributed by atoms with Crippen molar-refractivity contribution in [3.8, 4) is 16.3 Å². The van der Waals surface area contributed by atoms with Crippen LogP contribution in [0.2, 0.25) is 0 Å². The number of hydrogen-bond acceptors (Lipinski definition) is 6. The predicted molar refractivity (Wildman–Crippen MR) is 107 cm³/mol. The summed E-state index contributed by atoms with van der Waals surface area (Å²) in [6.45, 7) is 7.57. The highest BCUT2D eigenvalue weighted by molar-refractivity contribution is 7.18. The van der Waals surface area contributed by atoms with Gasteiger partial charge in [-0.1, -0.05) is 51.2 Å². The Morgan fingerprint density at radius 1 is 1.19 bits per heavy atom. The van der Waals surface area contributed by atoms with Gasteiger partial charge in [0.2, 0.25) is 16.9 Å². The second-order valence-electron chi connectivity index (χ2n) is 6.67. The van der Waals surface area contributed by atoms with Crippen molar-refractivity contribution < 1.29 is 14.3 Å². The lowest BCUT2D eigenvalue weighted by Crippen LogP contribution is -2.48. The number of nitrogens with one attached hydrogen (secondary N) is 2. The van der Waals surface area contributed by atoms with Crippen molar-refractivity contribution in [2.45, 2.75) is 40.2 Å². The Hall–Kier alpha value is -2.48. The van der Waals surface area contributed by atoms with Gasteiger partial charge in [-0.15, -0.1) is 10.2 Å². The molecule has 0 aliphatic heterocycles. The van der Waals surface area contributed by atoms with Crippen molar-refractivity contribution in [3.63, 3.8) is 0 Å². The van der Waals surface area contributed by atoms with Crippen LogP contribution in [0.4, 0.5) is 5.13 Å². The monoisotopic (exact) mass is 390 g/mol. The Labute approximate surface area is 163 Å². The lowest BCUT2D eigenvalue weighted by atomic mass is 10.0. The average molecular weight is 391 g/mol. The van der Waals surface area contributed by atoms with E-state index in [1.54, 1.807) is 7.11 Å². The summed E-state index contributed by atoms with van der Waals surface area (Å²) in [5.41, 5.74) is 0.859. The maximum absolute atomic E-state index is 12.6. The first-order chi connectivity index (χ1) is 12.8. The minimum absolute atomic E-state index is 0.0521. The van der Waals surface area contributed by atoms with Gasteiger partial charge >= 0.3 is 0 Å². The van der Waals surface area contributed by atoms with Crippen LogP contribution < -0.4 is 15.4 Å². The third-order valence-electron chi connectivity index (χ3n) is 4.28. The summed E-state index contributed by atoms with van der Waals surface area (Å²) in [5.74, 6) is 0.112. The molecule has 8 heteroatoms. The number of hydrogen-bond donors (Lipinski definition) is 2. The number of aromatic nitrogens is 2. The maximum Gasteiger partial charge on any atom is 0.249 e. The molecule has 0 unspecified atom stereocenters. The second kappa shape index (κ2) is 9.45. The largest absolute Gasteiger partial charge is 0.497 e. The summed E-state index contributed by atoms with van der Waals surface area (Å²) in [6.07, 6.45) is 0.721. The molecule has 2 atom stereocenters. The third-order valence-corrected chi connectivity index (χ3v) is 5.17. The van der Waals surface area contributed by atoms with Gasteiger partial charge in [0.25, 0.3) is 0 Å². The normalized spacial score (nSPS) is 13.1. The summed E-state index contributed by atoms with van der Waals surface area (Å²) in [7, 11) is 1.60. The van der Waals surface area contributed by atoms with Crippen molar-refractivity contribution in [1.82, 2.24) is 15.5 Å². The highest BCUT2D eigenvalue weighted by atomic mass is 32.1. The molecule has 1 heterocycles. The molecule has 1 aromatic heterocycles. The molecule has 2 amide bonds. The molecular formula is C19H26N4O3S. The predicted octanol–water partition coefficient (Wildman–Crippen LogP) is 3.34. The molecule has 0 aliphatic rings. The van der Waals surface area contributed by atoms with Crippen LogP contribution in [0.5, 0.6) is 5.75 Å². The van der Waals surface area contributed by atoms with Gasteiger partial charge in [0.1, 0.15) is 16.8 Å². The fraction of sp³-hybridized carbons (Fsp3) is 0.474. The van der Waals surface area contributed by atoms with Gasteiger partial charge in [-0.05, 0) is 24.5 Å². The van der Waals surface area contributed by atoms with Crippen molar-refractivity contribution in [1.29, 1.82) is 0 Å². The Kier molecular flexibility index (Phi) is 7.29. The van der Waals surface area contributed by atoms with E-state index in [9.17, 15) is 9.59 Å². The van der Waals surface area contributed by atoms with E-state index in [0.29, 0.717) is 10.1 Å². The molecule has 2 aromatic rings. The molecule has 0 saturated heterocycles. The van der Waals surface area contributed by atoms with Crippen LogP contribution >= 0.6 is 11.3 Å². The first-order valence-corrected chi connectivity index (χ1v) is 9.76. The number of methoxy groups -OCH3 is 1. The standard InChI is InChI=1S/C19H26N4O3S/c1-6-12(4)16(24)20-15(11(2)3)17(25)21-19-23-22-18(27-19)13-8-7-9-14(10-13)26-5/h7-12,15H,6H2,1-5H3,(H,20,24)(H,21,23,25)/t12-,15-/m1/s1. The lowest BCUT2D eigenvalue weighted by Gasteiger charge is -2.22. The molecule has 0 aliphatic carbocycles. The topological polar surface area (TPSA) is 93.2 Å². The van der Waals surface area contributed by atoms with E-state index in [4.69, 9.17) is 4.74 Å². The van der Waals surface area contributed by atoms with Gasteiger partial charge in [0.15, 0.2) is 0 Å². The number of rotatable bonds is 8. The Bertz CT molecular complexity index is 791. The van der Waals surface area contributed by atoms with E-state index in [-0.39, 0.29) is 23.7 Å². The van der Waals surface area contributed by atoms with E-state index < -0.39 is 6.04 Å². The molecule has 7 nitrogen and oxygen atoms in total. The minimum Gasteiger partial charge on any atom is -0.497 e. The Balaban J connectivity index is 2.09. The van der Waals surface area contributed by atoms with E-state index in [2.05, 4.69) is 20.8 Å². The molecule has 0 saturated carbocycles. The molecular weight excluding hydrogens is 364 g/mol. The van der Waals surface area contributed by atoms with Crippen LogP contribution in [0.25, 0.3) is 10.6 Å². The van der Waals surface area contributed by atoms with Crippen LogP contribution in [-0.4, -0.2) is 35.2 Å². The lowest BCUT2D eigenvalue weighted by molar-refractivity contribution is -0.129. The number of benzene rings is 1.